The van der Waals surface area contributed by atoms with Gasteiger partial charge in [0.15, 0.2) is 10.9 Å². The number of halogens is 1. The van der Waals surface area contributed by atoms with Crippen molar-refractivity contribution in [1.82, 2.24) is 10.6 Å². The van der Waals surface area contributed by atoms with Gasteiger partial charge in [0.25, 0.3) is 0 Å². The molecular weight excluding hydrogens is 439 g/mol. The summed E-state index contributed by atoms with van der Waals surface area (Å²) in [6.45, 7) is 0. The van der Waals surface area contributed by atoms with Gasteiger partial charge in [-0.1, -0.05) is 54.6 Å². The van der Waals surface area contributed by atoms with Crippen LogP contribution in [0.25, 0.3) is 16.7 Å². The van der Waals surface area contributed by atoms with Crippen LogP contribution in [0.15, 0.2) is 88.9 Å². The van der Waals surface area contributed by atoms with Crippen LogP contribution in [-0.2, 0) is 0 Å². The number of hydrogen-bond acceptors (Lipinski definition) is 4. The minimum atomic E-state index is -0.625. The second-order valence-electron chi connectivity index (χ2n) is 7.53. The molecule has 1 unspecified atom stereocenters. The summed E-state index contributed by atoms with van der Waals surface area (Å²) in [5, 5.41) is 7.36. The van der Waals surface area contributed by atoms with Crippen LogP contribution in [0.5, 0.6) is 5.75 Å². The third-order valence-electron chi connectivity index (χ3n) is 5.54. The number of para-hydroxylation sites is 1. The molecule has 0 saturated carbocycles. The number of furan rings is 1. The molecule has 0 amide bonds. The maximum Gasteiger partial charge on any atom is 0.232 e. The smallest absolute Gasteiger partial charge is 0.232 e. The van der Waals surface area contributed by atoms with Gasteiger partial charge < -0.3 is 19.8 Å². The van der Waals surface area contributed by atoms with Crippen LogP contribution < -0.4 is 15.4 Å². The summed E-state index contributed by atoms with van der Waals surface area (Å²) in [5.41, 5.74) is 2.96. The van der Waals surface area contributed by atoms with E-state index in [2.05, 4.69) is 10.6 Å². The molecule has 1 aliphatic heterocycles. The molecule has 5 rings (SSSR count). The number of methoxy groups -OCH3 is 1. The average molecular weight is 459 g/mol. The molecule has 4 aromatic rings. The van der Waals surface area contributed by atoms with Gasteiger partial charge in [-0.15, -0.1) is 0 Å². The van der Waals surface area contributed by atoms with E-state index in [9.17, 15) is 9.18 Å². The van der Waals surface area contributed by atoms with Crippen molar-refractivity contribution in [3.05, 3.63) is 107 Å². The molecule has 0 aliphatic carbocycles. The van der Waals surface area contributed by atoms with E-state index in [0.717, 1.165) is 5.56 Å². The van der Waals surface area contributed by atoms with Gasteiger partial charge in [-0.25, -0.2) is 4.39 Å². The van der Waals surface area contributed by atoms with Crippen molar-refractivity contribution in [1.29, 1.82) is 0 Å². The molecule has 0 bridgehead atoms. The molecule has 0 saturated heterocycles. The van der Waals surface area contributed by atoms with Crippen molar-refractivity contribution in [2.24, 2.45) is 0 Å². The second kappa shape index (κ2) is 8.52. The number of thiocarbonyl (C=S) groups is 1. The molecule has 0 spiro atoms. The first kappa shape index (κ1) is 20.9. The van der Waals surface area contributed by atoms with Crippen LogP contribution in [-0.4, -0.2) is 18.0 Å². The number of nitrogens with one attached hydrogen (secondary N) is 2. The molecule has 0 radical (unpaired) electrons. The summed E-state index contributed by atoms with van der Waals surface area (Å²) in [7, 11) is 1.50. The summed E-state index contributed by atoms with van der Waals surface area (Å²) in [6.07, 6.45) is 0. The van der Waals surface area contributed by atoms with E-state index in [0.29, 0.717) is 38.7 Å². The maximum absolute atomic E-state index is 14.1. The lowest BCUT2D eigenvalue weighted by molar-refractivity contribution is 0.0995. The predicted molar refractivity (Wildman–Crippen MR) is 128 cm³/mol. The highest BCUT2D eigenvalue weighted by Crippen LogP contribution is 2.39. The van der Waals surface area contributed by atoms with Crippen molar-refractivity contribution in [3.8, 4) is 5.75 Å². The summed E-state index contributed by atoms with van der Waals surface area (Å²) >= 11 is 5.45. The number of Topliss-reactive ketones (excluding diaryl/α,β-unsaturated/α-hetero) is 1. The van der Waals surface area contributed by atoms with Gasteiger partial charge in [0.1, 0.15) is 11.4 Å². The molecule has 1 aromatic heterocycles. The van der Waals surface area contributed by atoms with Crippen LogP contribution in [0.4, 0.5) is 4.39 Å². The quantitative estimate of drug-likeness (QED) is 0.309. The minimum Gasteiger partial charge on any atom is -0.492 e. The third kappa shape index (κ3) is 3.76. The van der Waals surface area contributed by atoms with Gasteiger partial charge in [0.2, 0.25) is 11.5 Å². The highest BCUT2D eigenvalue weighted by molar-refractivity contribution is 7.80. The summed E-state index contributed by atoms with van der Waals surface area (Å²) in [4.78, 5) is 14.1. The number of carbonyl (C=O) groups excluding carboxylic acids is 1. The van der Waals surface area contributed by atoms with Crippen LogP contribution in [0.2, 0.25) is 0 Å². The fraction of sp³-hybridized carbons (Fsp3) is 0.0769. The Morgan fingerprint density at radius 1 is 1.00 bits per heavy atom. The number of ketones is 1. The van der Waals surface area contributed by atoms with Crippen molar-refractivity contribution in [2.45, 2.75) is 6.04 Å². The highest BCUT2D eigenvalue weighted by atomic mass is 32.1. The average Bonchev–Trinajstić information content (AvgIpc) is 3.23. The predicted octanol–water partition coefficient (Wildman–Crippen LogP) is 5.39. The summed E-state index contributed by atoms with van der Waals surface area (Å²) in [6, 6.07) is 22.1. The summed E-state index contributed by atoms with van der Waals surface area (Å²) in [5.74, 6) is -0.278. The number of benzene rings is 3. The number of rotatable bonds is 5. The van der Waals surface area contributed by atoms with E-state index < -0.39 is 6.04 Å². The van der Waals surface area contributed by atoms with E-state index in [1.54, 1.807) is 18.2 Å². The number of hydrogen-bond donors (Lipinski definition) is 2. The number of ether oxygens (including phenoxy) is 1. The van der Waals surface area contributed by atoms with Crippen LogP contribution in [0, 0.1) is 5.82 Å². The van der Waals surface area contributed by atoms with Gasteiger partial charge in [-0.05, 0) is 47.6 Å². The van der Waals surface area contributed by atoms with Gasteiger partial charge in [-0.2, -0.15) is 0 Å². The monoisotopic (exact) mass is 458 g/mol. The van der Waals surface area contributed by atoms with Crippen molar-refractivity contribution >= 4 is 39.8 Å². The Hall–Kier alpha value is -3.97. The van der Waals surface area contributed by atoms with Gasteiger partial charge in [0, 0.05) is 0 Å². The number of fused-ring (bicyclic) bond motifs is 1. The second-order valence-corrected chi connectivity index (χ2v) is 7.94. The van der Waals surface area contributed by atoms with E-state index in [4.69, 9.17) is 21.4 Å². The molecule has 164 valence electrons. The first-order chi connectivity index (χ1) is 16.1. The Bertz CT molecular complexity index is 1390. The molecule has 0 fully saturated rings. The Kier molecular flexibility index (Phi) is 5.40. The van der Waals surface area contributed by atoms with E-state index in [1.807, 2.05) is 48.5 Å². The molecule has 2 heterocycles. The standard InChI is InChI=1S/C26H19FN2O3S/c1-31-24-18-9-5-6-10-19(18)32-25(24)23(30)20-21(15-7-3-2-4-8-15)28-26(33)29-22(20)16-11-13-17(27)14-12-16/h2-14,22H,1H3,(H2,28,29,33). The molecule has 1 aliphatic rings. The first-order valence-corrected chi connectivity index (χ1v) is 10.7. The molecule has 1 atom stereocenters. The highest BCUT2D eigenvalue weighted by Gasteiger charge is 2.36. The Balaban J connectivity index is 1.75. The molecule has 3 aromatic carbocycles. The lowest BCUT2D eigenvalue weighted by Crippen LogP contribution is -2.44. The van der Waals surface area contributed by atoms with E-state index in [-0.39, 0.29) is 17.4 Å². The minimum absolute atomic E-state index is 0.0886. The largest absolute Gasteiger partial charge is 0.492 e. The van der Waals surface area contributed by atoms with E-state index in [1.165, 1.54) is 19.2 Å². The van der Waals surface area contributed by atoms with Gasteiger partial charge >= 0.3 is 0 Å². The van der Waals surface area contributed by atoms with Crippen LogP contribution in [0.1, 0.15) is 27.7 Å². The zero-order valence-corrected chi connectivity index (χ0v) is 18.4. The first-order valence-electron chi connectivity index (χ1n) is 10.3. The number of carbonyl (C=O) groups is 1. The lowest BCUT2D eigenvalue weighted by atomic mass is 9.89. The summed E-state index contributed by atoms with van der Waals surface area (Å²) < 4.78 is 25.2. The maximum atomic E-state index is 14.1. The van der Waals surface area contributed by atoms with E-state index >= 15 is 0 Å². The van der Waals surface area contributed by atoms with Crippen LogP contribution >= 0.6 is 12.2 Å². The molecule has 5 nitrogen and oxygen atoms in total. The van der Waals surface area contributed by atoms with Crippen molar-refractivity contribution in [3.63, 3.8) is 0 Å². The molecule has 7 heteroatoms. The van der Waals surface area contributed by atoms with Crippen molar-refractivity contribution < 1.29 is 18.3 Å². The zero-order chi connectivity index (χ0) is 22.9. The SMILES string of the molecule is COc1c(C(=O)C2=C(c3ccccc3)NC(=S)NC2c2ccc(F)cc2)oc2ccccc12. The fourth-order valence-corrected chi connectivity index (χ4v) is 4.26. The Morgan fingerprint density at radius 3 is 2.42 bits per heavy atom. The topological polar surface area (TPSA) is 63.5 Å². The van der Waals surface area contributed by atoms with Crippen LogP contribution in [0.3, 0.4) is 0 Å². The Morgan fingerprint density at radius 2 is 1.70 bits per heavy atom. The van der Waals surface area contributed by atoms with Gasteiger partial charge in [0.05, 0.1) is 29.8 Å². The Labute approximate surface area is 194 Å². The van der Waals surface area contributed by atoms with Gasteiger partial charge in [-0.3, -0.25) is 4.79 Å². The molecular formula is C26H19FN2O3S. The molecule has 2 N–H and O–H groups in total. The molecule has 33 heavy (non-hydrogen) atoms. The third-order valence-corrected chi connectivity index (χ3v) is 5.76. The van der Waals surface area contributed by atoms with Crippen molar-refractivity contribution in [2.75, 3.05) is 7.11 Å². The fourth-order valence-electron chi connectivity index (χ4n) is 4.04. The zero-order valence-electron chi connectivity index (χ0n) is 17.6. The normalized spacial score (nSPS) is 15.8. The lowest BCUT2D eigenvalue weighted by Gasteiger charge is -2.31.